The summed E-state index contributed by atoms with van der Waals surface area (Å²) in [5, 5.41) is 4.49. The monoisotopic (exact) mass is 357 g/mol. The summed E-state index contributed by atoms with van der Waals surface area (Å²) in [4.78, 5) is 36.0. The molecule has 6 heteroatoms. The molecule has 26 heavy (non-hydrogen) atoms. The van der Waals surface area contributed by atoms with Crippen LogP contribution in [0, 0.1) is 5.92 Å². The molecule has 0 bridgehead atoms. The van der Waals surface area contributed by atoms with Crippen molar-refractivity contribution in [2.45, 2.75) is 26.3 Å². The summed E-state index contributed by atoms with van der Waals surface area (Å²) in [7, 11) is 1.27. The molecule has 2 atom stereocenters. The fourth-order valence-electron chi connectivity index (χ4n) is 2.54. The molecular formula is C20H23NO5. The summed E-state index contributed by atoms with van der Waals surface area (Å²) in [6.07, 6.45) is 0.691. The molecule has 2 aromatic carbocycles. The second-order valence-electron chi connectivity index (χ2n) is 6.09. The van der Waals surface area contributed by atoms with E-state index in [1.165, 1.54) is 7.11 Å². The highest BCUT2D eigenvalue weighted by atomic mass is 16.5. The molecule has 0 aliphatic carbocycles. The van der Waals surface area contributed by atoms with Crippen LogP contribution in [-0.2, 0) is 19.1 Å². The summed E-state index contributed by atoms with van der Waals surface area (Å²) >= 11 is 0. The van der Waals surface area contributed by atoms with Gasteiger partial charge in [0.25, 0.3) is 5.91 Å². The van der Waals surface area contributed by atoms with Crippen LogP contribution in [0.4, 0.5) is 0 Å². The van der Waals surface area contributed by atoms with Crippen molar-refractivity contribution in [3.05, 3.63) is 48.0 Å². The first-order chi connectivity index (χ1) is 12.5. The van der Waals surface area contributed by atoms with Gasteiger partial charge in [0.05, 0.1) is 12.7 Å². The molecule has 0 fully saturated rings. The molecule has 0 radical (unpaired) electrons. The number of hydrogen-bond acceptors (Lipinski definition) is 5. The van der Waals surface area contributed by atoms with Gasteiger partial charge in [0, 0.05) is 0 Å². The molecule has 2 rings (SSSR count). The van der Waals surface area contributed by atoms with E-state index in [0.29, 0.717) is 12.0 Å². The van der Waals surface area contributed by atoms with Gasteiger partial charge in [-0.15, -0.1) is 0 Å². The molecule has 0 aliphatic rings. The smallest absolute Gasteiger partial charge is 0.338 e. The van der Waals surface area contributed by atoms with Crippen molar-refractivity contribution in [2.75, 3.05) is 13.7 Å². The zero-order chi connectivity index (χ0) is 19.1. The summed E-state index contributed by atoms with van der Waals surface area (Å²) in [5.74, 6) is -1.75. The lowest BCUT2D eigenvalue weighted by Gasteiger charge is -2.21. The quantitative estimate of drug-likeness (QED) is 0.771. The van der Waals surface area contributed by atoms with Gasteiger partial charge < -0.3 is 14.8 Å². The van der Waals surface area contributed by atoms with Gasteiger partial charge >= 0.3 is 11.9 Å². The van der Waals surface area contributed by atoms with E-state index >= 15 is 0 Å². The highest BCUT2D eigenvalue weighted by Gasteiger charge is 2.27. The van der Waals surface area contributed by atoms with Crippen LogP contribution in [-0.4, -0.2) is 37.6 Å². The molecule has 0 aromatic heterocycles. The van der Waals surface area contributed by atoms with Crippen molar-refractivity contribution < 1.29 is 23.9 Å². The topological polar surface area (TPSA) is 81.7 Å². The average Bonchev–Trinajstić information content (AvgIpc) is 2.68. The maximum atomic E-state index is 12.2. The van der Waals surface area contributed by atoms with Crippen LogP contribution >= 0.6 is 0 Å². The van der Waals surface area contributed by atoms with Gasteiger partial charge in [0.1, 0.15) is 6.04 Å². The number of rotatable bonds is 7. The number of fused-ring (bicyclic) bond motifs is 1. The second kappa shape index (κ2) is 8.99. The van der Waals surface area contributed by atoms with E-state index in [-0.39, 0.29) is 5.92 Å². The predicted molar refractivity (Wildman–Crippen MR) is 97.6 cm³/mol. The molecule has 0 spiro atoms. The first-order valence-corrected chi connectivity index (χ1v) is 8.49. The summed E-state index contributed by atoms with van der Waals surface area (Å²) in [5.41, 5.74) is 0.364. The number of ether oxygens (including phenoxy) is 2. The fraction of sp³-hybridized carbons (Fsp3) is 0.350. The van der Waals surface area contributed by atoms with Crippen LogP contribution in [0.2, 0.25) is 0 Å². The number of methoxy groups -OCH3 is 1. The summed E-state index contributed by atoms with van der Waals surface area (Å²) in [6, 6.07) is 12.1. The first-order valence-electron chi connectivity index (χ1n) is 8.49. The Morgan fingerprint density at radius 2 is 1.77 bits per heavy atom. The van der Waals surface area contributed by atoms with Gasteiger partial charge in [-0.2, -0.15) is 0 Å². The number of carbonyl (C=O) groups excluding carboxylic acids is 3. The van der Waals surface area contributed by atoms with Crippen LogP contribution < -0.4 is 5.32 Å². The standard InChI is InChI=1S/C20H23NO5/c1-4-13(2)18(20(24)25-3)21-17(22)12-26-19(23)16-10-9-14-7-5-6-8-15(14)11-16/h5-11,13,18H,4,12H2,1-3H3,(H,21,22)/t13-,18+/m1/s1. The Kier molecular flexibility index (Phi) is 6.72. The fourth-order valence-corrected chi connectivity index (χ4v) is 2.54. The van der Waals surface area contributed by atoms with Gasteiger partial charge in [-0.25, -0.2) is 9.59 Å². The third kappa shape index (κ3) is 4.81. The van der Waals surface area contributed by atoms with E-state index in [0.717, 1.165) is 10.8 Å². The van der Waals surface area contributed by atoms with E-state index < -0.39 is 30.5 Å². The lowest BCUT2D eigenvalue weighted by atomic mass is 9.99. The normalized spacial score (nSPS) is 12.9. The Hall–Kier alpha value is -2.89. The Balaban J connectivity index is 1.96. The van der Waals surface area contributed by atoms with E-state index in [4.69, 9.17) is 9.47 Å². The maximum absolute atomic E-state index is 12.2. The molecule has 1 amide bonds. The molecule has 1 N–H and O–H groups in total. The Morgan fingerprint density at radius 3 is 2.42 bits per heavy atom. The lowest BCUT2D eigenvalue weighted by Crippen LogP contribution is -2.47. The minimum Gasteiger partial charge on any atom is -0.467 e. The third-order valence-electron chi connectivity index (χ3n) is 4.30. The van der Waals surface area contributed by atoms with Crippen LogP contribution in [0.15, 0.2) is 42.5 Å². The SMILES string of the molecule is CC[C@@H](C)[C@H](NC(=O)COC(=O)c1ccc2ccccc2c1)C(=O)OC. The second-order valence-corrected chi connectivity index (χ2v) is 6.09. The minimum absolute atomic E-state index is 0.0948. The molecule has 0 heterocycles. The molecule has 0 aliphatic heterocycles. The molecule has 0 saturated carbocycles. The molecule has 0 unspecified atom stereocenters. The molecule has 0 saturated heterocycles. The Morgan fingerprint density at radius 1 is 1.08 bits per heavy atom. The highest BCUT2D eigenvalue weighted by Crippen LogP contribution is 2.16. The predicted octanol–water partition coefficient (Wildman–Crippen LogP) is 2.70. The van der Waals surface area contributed by atoms with E-state index in [1.807, 2.05) is 44.2 Å². The number of esters is 2. The average molecular weight is 357 g/mol. The van der Waals surface area contributed by atoms with Gasteiger partial charge in [-0.05, 0) is 28.8 Å². The number of hydrogen-bond donors (Lipinski definition) is 1. The van der Waals surface area contributed by atoms with E-state index in [9.17, 15) is 14.4 Å². The van der Waals surface area contributed by atoms with Gasteiger partial charge in [-0.1, -0.05) is 50.6 Å². The van der Waals surface area contributed by atoms with Crippen LogP contribution in [0.1, 0.15) is 30.6 Å². The number of nitrogens with one attached hydrogen (secondary N) is 1. The molecule has 6 nitrogen and oxygen atoms in total. The van der Waals surface area contributed by atoms with Crippen molar-refractivity contribution in [1.29, 1.82) is 0 Å². The van der Waals surface area contributed by atoms with Gasteiger partial charge in [0.2, 0.25) is 0 Å². The van der Waals surface area contributed by atoms with Crippen LogP contribution in [0.5, 0.6) is 0 Å². The van der Waals surface area contributed by atoms with Crippen molar-refractivity contribution in [1.82, 2.24) is 5.32 Å². The molecule has 2 aromatic rings. The van der Waals surface area contributed by atoms with E-state index in [2.05, 4.69) is 5.32 Å². The zero-order valence-electron chi connectivity index (χ0n) is 15.2. The van der Waals surface area contributed by atoms with Crippen molar-refractivity contribution in [2.24, 2.45) is 5.92 Å². The number of benzene rings is 2. The molecule has 138 valence electrons. The maximum Gasteiger partial charge on any atom is 0.338 e. The Labute approximate surface area is 152 Å². The van der Waals surface area contributed by atoms with Gasteiger partial charge in [0.15, 0.2) is 6.61 Å². The van der Waals surface area contributed by atoms with Crippen LogP contribution in [0.3, 0.4) is 0 Å². The third-order valence-corrected chi connectivity index (χ3v) is 4.30. The van der Waals surface area contributed by atoms with E-state index in [1.54, 1.807) is 12.1 Å². The van der Waals surface area contributed by atoms with Crippen molar-refractivity contribution in [3.8, 4) is 0 Å². The number of amides is 1. The zero-order valence-corrected chi connectivity index (χ0v) is 15.2. The van der Waals surface area contributed by atoms with Crippen LogP contribution in [0.25, 0.3) is 10.8 Å². The summed E-state index contributed by atoms with van der Waals surface area (Å²) < 4.78 is 9.77. The Bertz CT molecular complexity index is 802. The first kappa shape index (κ1) is 19.4. The van der Waals surface area contributed by atoms with Crippen molar-refractivity contribution >= 4 is 28.6 Å². The summed E-state index contributed by atoms with van der Waals surface area (Å²) in [6.45, 7) is 3.28. The largest absolute Gasteiger partial charge is 0.467 e. The highest BCUT2D eigenvalue weighted by molar-refractivity contribution is 5.96. The number of carbonyl (C=O) groups is 3. The van der Waals surface area contributed by atoms with Crippen molar-refractivity contribution in [3.63, 3.8) is 0 Å². The lowest BCUT2D eigenvalue weighted by molar-refractivity contribution is -0.147. The van der Waals surface area contributed by atoms with Gasteiger partial charge in [-0.3, -0.25) is 4.79 Å². The minimum atomic E-state index is -0.767. The molecular weight excluding hydrogens is 334 g/mol.